The highest BCUT2D eigenvalue weighted by Gasteiger charge is 2.32. The third-order valence-corrected chi connectivity index (χ3v) is 4.60. The summed E-state index contributed by atoms with van der Waals surface area (Å²) in [7, 11) is 0. The Morgan fingerprint density at radius 1 is 1.31 bits per heavy atom. The van der Waals surface area contributed by atoms with Crippen molar-refractivity contribution >= 4 is 23.7 Å². The monoisotopic (exact) mass is 366 g/mol. The van der Waals surface area contributed by atoms with E-state index < -0.39 is 17.5 Å². The maximum Gasteiger partial charge on any atom is 0.333 e. The van der Waals surface area contributed by atoms with E-state index in [-0.39, 0.29) is 24.6 Å². The van der Waals surface area contributed by atoms with Gasteiger partial charge in [0, 0.05) is 12.2 Å². The molecule has 1 heterocycles. The lowest BCUT2D eigenvalue weighted by atomic mass is 9.86. The Labute approximate surface area is 152 Å². The van der Waals surface area contributed by atoms with Gasteiger partial charge in [0.25, 0.3) is 0 Å². The predicted molar refractivity (Wildman–Crippen MR) is 93.7 cm³/mol. The zero-order chi connectivity index (χ0) is 19.3. The van der Waals surface area contributed by atoms with Crippen LogP contribution in [0, 0.1) is 5.92 Å². The van der Waals surface area contributed by atoms with Crippen molar-refractivity contribution in [3.63, 3.8) is 0 Å². The van der Waals surface area contributed by atoms with Gasteiger partial charge in [-0.1, -0.05) is 0 Å². The van der Waals surface area contributed by atoms with Crippen LogP contribution in [0.25, 0.3) is 0 Å². The lowest BCUT2D eigenvalue weighted by Gasteiger charge is -2.26. The standard InChI is InChI=1S/C17H26N4O5/c1-4-26-15(24)17(2,3)21-10-13(9-18-21)20-16(25)19-12-7-5-11(6-8-12)14(22)23/h9-12H,4-8H2,1-3H3,(H,22,23)(H2,19,20,25). The average molecular weight is 366 g/mol. The first-order chi connectivity index (χ1) is 12.2. The molecule has 26 heavy (non-hydrogen) atoms. The molecule has 0 aliphatic heterocycles. The van der Waals surface area contributed by atoms with Crippen molar-refractivity contribution in [2.24, 2.45) is 5.92 Å². The van der Waals surface area contributed by atoms with E-state index in [9.17, 15) is 14.4 Å². The van der Waals surface area contributed by atoms with Crippen LogP contribution in [0.3, 0.4) is 0 Å². The van der Waals surface area contributed by atoms with Crippen molar-refractivity contribution in [2.75, 3.05) is 11.9 Å². The lowest BCUT2D eigenvalue weighted by Crippen LogP contribution is -2.41. The SMILES string of the molecule is CCOC(=O)C(C)(C)n1cc(NC(=O)NC2CCC(C(=O)O)CC2)cn1. The summed E-state index contributed by atoms with van der Waals surface area (Å²) in [6, 6.07) is -0.422. The maximum atomic E-state index is 12.1. The second-order valence-electron chi connectivity index (χ2n) is 6.94. The highest BCUT2D eigenvalue weighted by molar-refractivity contribution is 5.89. The molecule has 0 spiro atoms. The first-order valence-electron chi connectivity index (χ1n) is 8.76. The molecule has 0 atom stereocenters. The molecule has 9 heteroatoms. The van der Waals surface area contributed by atoms with E-state index in [1.807, 2.05) is 0 Å². The Balaban J connectivity index is 1.88. The average Bonchev–Trinajstić information content (AvgIpc) is 3.04. The Morgan fingerprint density at radius 3 is 2.54 bits per heavy atom. The fourth-order valence-corrected chi connectivity index (χ4v) is 2.93. The molecule has 9 nitrogen and oxygen atoms in total. The van der Waals surface area contributed by atoms with Crippen LogP contribution in [0.4, 0.5) is 10.5 Å². The van der Waals surface area contributed by atoms with Crippen molar-refractivity contribution in [1.29, 1.82) is 0 Å². The van der Waals surface area contributed by atoms with E-state index in [0.717, 1.165) is 0 Å². The number of nitrogens with zero attached hydrogens (tertiary/aromatic N) is 2. The molecular formula is C17H26N4O5. The number of anilines is 1. The number of urea groups is 1. The molecule has 0 bridgehead atoms. The van der Waals surface area contributed by atoms with Gasteiger partial charge in [0.05, 0.1) is 24.4 Å². The summed E-state index contributed by atoms with van der Waals surface area (Å²) in [4.78, 5) is 35.1. The first kappa shape index (κ1) is 19.7. The van der Waals surface area contributed by atoms with Crippen LogP contribution in [-0.4, -0.2) is 45.5 Å². The second kappa shape index (κ2) is 8.20. The zero-order valence-corrected chi connectivity index (χ0v) is 15.3. The molecule has 1 fully saturated rings. The van der Waals surface area contributed by atoms with Crippen molar-refractivity contribution in [3.8, 4) is 0 Å². The summed E-state index contributed by atoms with van der Waals surface area (Å²) in [6.45, 7) is 5.38. The van der Waals surface area contributed by atoms with Crippen LogP contribution in [-0.2, 0) is 19.9 Å². The van der Waals surface area contributed by atoms with Crippen LogP contribution in [0.1, 0.15) is 46.5 Å². The molecule has 1 aromatic heterocycles. The van der Waals surface area contributed by atoms with Gasteiger partial charge in [-0.3, -0.25) is 9.48 Å². The van der Waals surface area contributed by atoms with E-state index in [4.69, 9.17) is 9.84 Å². The highest BCUT2D eigenvalue weighted by atomic mass is 16.5. The van der Waals surface area contributed by atoms with Crippen LogP contribution in [0.5, 0.6) is 0 Å². The van der Waals surface area contributed by atoms with E-state index in [2.05, 4.69) is 15.7 Å². The first-order valence-corrected chi connectivity index (χ1v) is 8.76. The number of rotatable bonds is 6. The number of aliphatic carboxylic acids is 1. The largest absolute Gasteiger partial charge is 0.481 e. The Hall–Kier alpha value is -2.58. The molecule has 1 aromatic rings. The number of hydrogen-bond donors (Lipinski definition) is 3. The Kier molecular flexibility index (Phi) is 6.23. The summed E-state index contributed by atoms with van der Waals surface area (Å²) in [6.07, 6.45) is 5.43. The Morgan fingerprint density at radius 2 is 1.96 bits per heavy atom. The summed E-state index contributed by atoms with van der Waals surface area (Å²) >= 11 is 0. The van der Waals surface area contributed by atoms with Crippen molar-refractivity contribution in [3.05, 3.63) is 12.4 Å². The number of carbonyl (C=O) groups excluding carboxylic acids is 2. The number of esters is 1. The minimum absolute atomic E-state index is 0.0448. The maximum absolute atomic E-state index is 12.1. The molecule has 144 valence electrons. The Bertz CT molecular complexity index is 662. The number of ether oxygens (including phenoxy) is 1. The van der Waals surface area contributed by atoms with Gasteiger partial charge in [0.15, 0.2) is 5.54 Å². The molecule has 1 aliphatic carbocycles. The van der Waals surface area contributed by atoms with Gasteiger partial charge in [0.2, 0.25) is 0 Å². The number of nitrogens with one attached hydrogen (secondary N) is 2. The molecule has 3 N–H and O–H groups in total. The number of amides is 2. The van der Waals surface area contributed by atoms with Crippen LogP contribution < -0.4 is 10.6 Å². The highest BCUT2D eigenvalue weighted by Crippen LogP contribution is 2.24. The van der Waals surface area contributed by atoms with E-state index in [1.54, 1.807) is 27.0 Å². The molecule has 1 saturated carbocycles. The minimum atomic E-state index is -0.984. The summed E-state index contributed by atoms with van der Waals surface area (Å²) in [5.74, 6) is -1.50. The van der Waals surface area contributed by atoms with Gasteiger partial charge in [-0.05, 0) is 46.5 Å². The van der Waals surface area contributed by atoms with Crippen LogP contribution in [0.2, 0.25) is 0 Å². The molecule has 0 radical (unpaired) electrons. The molecule has 2 rings (SSSR count). The van der Waals surface area contributed by atoms with E-state index >= 15 is 0 Å². The number of carbonyl (C=O) groups is 3. The van der Waals surface area contributed by atoms with Gasteiger partial charge in [0.1, 0.15) is 0 Å². The molecule has 2 amide bonds. The van der Waals surface area contributed by atoms with Crippen LogP contribution >= 0.6 is 0 Å². The quantitative estimate of drug-likeness (QED) is 0.661. The number of aromatic nitrogens is 2. The zero-order valence-electron chi connectivity index (χ0n) is 15.3. The van der Waals surface area contributed by atoms with Gasteiger partial charge >= 0.3 is 18.0 Å². The summed E-state index contributed by atoms with van der Waals surface area (Å²) < 4.78 is 6.48. The molecule has 0 unspecified atom stereocenters. The lowest BCUT2D eigenvalue weighted by molar-refractivity contribution is -0.152. The molecular weight excluding hydrogens is 340 g/mol. The summed E-state index contributed by atoms with van der Waals surface area (Å²) in [5, 5.41) is 18.7. The molecule has 0 aromatic carbocycles. The van der Waals surface area contributed by atoms with E-state index in [0.29, 0.717) is 31.4 Å². The predicted octanol–water partition coefficient (Wildman–Crippen LogP) is 1.95. The smallest absolute Gasteiger partial charge is 0.333 e. The van der Waals surface area contributed by atoms with Crippen molar-refractivity contribution in [1.82, 2.24) is 15.1 Å². The third-order valence-electron chi connectivity index (χ3n) is 4.60. The third kappa shape index (κ3) is 4.74. The number of hydrogen-bond acceptors (Lipinski definition) is 5. The fraction of sp³-hybridized carbons (Fsp3) is 0.647. The van der Waals surface area contributed by atoms with Crippen LogP contribution in [0.15, 0.2) is 12.4 Å². The fourth-order valence-electron chi connectivity index (χ4n) is 2.93. The second-order valence-corrected chi connectivity index (χ2v) is 6.94. The van der Waals surface area contributed by atoms with Crippen molar-refractivity contribution in [2.45, 2.75) is 58.0 Å². The summed E-state index contributed by atoms with van der Waals surface area (Å²) in [5.41, 5.74) is -0.527. The van der Waals surface area contributed by atoms with E-state index in [1.165, 1.54) is 10.9 Å². The molecule has 1 aliphatic rings. The topological polar surface area (TPSA) is 123 Å². The van der Waals surface area contributed by atoms with Gasteiger partial charge in [-0.15, -0.1) is 0 Å². The molecule has 0 saturated heterocycles. The van der Waals surface area contributed by atoms with Crippen molar-refractivity contribution < 1.29 is 24.2 Å². The normalized spacial score (nSPS) is 20.3. The number of carboxylic acid groups (broad SMARTS) is 1. The van der Waals surface area contributed by atoms with Gasteiger partial charge in [-0.25, -0.2) is 9.59 Å². The number of carboxylic acids is 1. The minimum Gasteiger partial charge on any atom is -0.481 e. The van der Waals surface area contributed by atoms with Gasteiger partial charge in [-0.2, -0.15) is 5.10 Å². The van der Waals surface area contributed by atoms with Gasteiger partial charge < -0.3 is 20.5 Å².